The Morgan fingerprint density at radius 2 is 1.59 bits per heavy atom. The first-order chi connectivity index (χ1) is 15.8. The predicted molar refractivity (Wildman–Crippen MR) is 143 cm³/mol. The van der Waals surface area contributed by atoms with Crippen molar-refractivity contribution >= 4 is 63.0 Å². The minimum atomic E-state index is 1.03. The normalized spacial score (nSPS) is 11.9. The molecule has 6 rings (SSSR count). The highest BCUT2D eigenvalue weighted by atomic mass is 32.1. The van der Waals surface area contributed by atoms with Crippen LogP contribution in [0.25, 0.3) is 51.6 Å². The fraction of sp³-hybridized carbons (Fsp3) is 0.207. The summed E-state index contributed by atoms with van der Waals surface area (Å²) in [7, 11) is 0. The Hall–Kier alpha value is -2.75. The molecule has 3 aromatic carbocycles. The van der Waals surface area contributed by atoms with Crippen molar-refractivity contribution in [2.24, 2.45) is 0 Å². The number of fused-ring (bicyclic) bond motifs is 6. The molecule has 3 aromatic heterocycles. The monoisotopic (exact) mass is 451 g/mol. The number of thiophene rings is 2. The molecule has 0 saturated heterocycles. The Labute approximate surface area is 196 Å². The van der Waals surface area contributed by atoms with E-state index >= 15 is 0 Å². The number of rotatable bonds is 6. The fourth-order valence-corrected chi connectivity index (χ4v) is 7.30. The predicted octanol–water partition coefficient (Wildman–Crippen LogP) is 9.61. The number of benzene rings is 3. The molecular weight excluding hydrogens is 426 g/mol. The molecule has 0 fully saturated rings. The molecule has 3 heterocycles. The van der Waals surface area contributed by atoms with Gasteiger partial charge in [0.1, 0.15) is 0 Å². The molecule has 0 amide bonds. The standard InChI is InChI=1S/C29H25NS2/c1-2-3-4-5-8-19-10-11-20-18-27-24(17-22(20)15-19)29-28(32-27)23-16-21(12-13-26(23)31-29)25-9-6-7-14-30-25/h6-7,9-18H,2-5,8H2,1H3. The molecular formula is C29H25NS2. The van der Waals surface area contributed by atoms with Crippen LogP contribution in [-0.2, 0) is 6.42 Å². The highest BCUT2D eigenvalue weighted by Gasteiger charge is 2.14. The van der Waals surface area contributed by atoms with Crippen LogP contribution in [0.3, 0.4) is 0 Å². The summed E-state index contributed by atoms with van der Waals surface area (Å²) >= 11 is 3.85. The lowest BCUT2D eigenvalue weighted by atomic mass is 10.0. The number of aromatic nitrogens is 1. The van der Waals surface area contributed by atoms with Crippen LogP contribution in [0.2, 0.25) is 0 Å². The maximum atomic E-state index is 4.55. The summed E-state index contributed by atoms with van der Waals surface area (Å²) in [6.07, 6.45) is 8.32. The Balaban J connectivity index is 1.45. The van der Waals surface area contributed by atoms with Crippen LogP contribution in [0, 0.1) is 0 Å². The molecule has 0 aliphatic heterocycles. The van der Waals surface area contributed by atoms with Crippen molar-refractivity contribution in [2.45, 2.75) is 39.0 Å². The summed E-state index contributed by atoms with van der Waals surface area (Å²) in [4.78, 5) is 4.55. The van der Waals surface area contributed by atoms with Crippen molar-refractivity contribution < 1.29 is 0 Å². The number of nitrogens with zero attached hydrogens (tertiary/aromatic N) is 1. The van der Waals surface area contributed by atoms with Gasteiger partial charge in [-0.15, -0.1) is 22.7 Å². The van der Waals surface area contributed by atoms with Crippen LogP contribution in [-0.4, -0.2) is 4.98 Å². The Morgan fingerprint density at radius 1 is 0.719 bits per heavy atom. The maximum absolute atomic E-state index is 4.55. The molecule has 0 N–H and O–H groups in total. The van der Waals surface area contributed by atoms with Gasteiger partial charge in [-0.1, -0.05) is 56.5 Å². The molecule has 0 saturated carbocycles. The molecule has 6 aromatic rings. The third kappa shape index (κ3) is 3.50. The lowest BCUT2D eigenvalue weighted by Crippen LogP contribution is -1.86. The minimum Gasteiger partial charge on any atom is -0.256 e. The van der Waals surface area contributed by atoms with Crippen molar-refractivity contribution in [1.82, 2.24) is 4.98 Å². The molecule has 0 unspecified atom stereocenters. The largest absolute Gasteiger partial charge is 0.256 e. The molecule has 0 aliphatic carbocycles. The highest BCUT2D eigenvalue weighted by molar-refractivity contribution is 7.36. The first-order valence-corrected chi connectivity index (χ1v) is 13.2. The van der Waals surface area contributed by atoms with E-state index in [2.05, 4.69) is 72.6 Å². The highest BCUT2D eigenvalue weighted by Crippen LogP contribution is 2.46. The van der Waals surface area contributed by atoms with Gasteiger partial charge in [0.05, 0.1) is 15.1 Å². The topological polar surface area (TPSA) is 12.9 Å². The summed E-state index contributed by atoms with van der Waals surface area (Å²) in [5.41, 5.74) is 3.69. The molecule has 158 valence electrons. The summed E-state index contributed by atoms with van der Waals surface area (Å²) < 4.78 is 5.58. The zero-order valence-corrected chi connectivity index (χ0v) is 19.9. The van der Waals surface area contributed by atoms with Gasteiger partial charge in [-0.05, 0) is 65.6 Å². The van der Waals surface area contributed by atoms with Gasteiger partial charge in [0.25, 0.3) is 0 Å². The van der Waals surface area contributed by atoms with Crippen LogP contribution >= 0.6 is 22.7 Å². The van der Waals surface area contributed by atoms with Crippen LogP contribution in [0.1, 0.15) is 38.2 Å². The van der Waals surface area contributed by atoms with E-state index in [1.165, 1.54) is 83.6 Å². The van der Waals surface area contributed by atoms with Gasteiger partial charge in [0, 0.05) is 31.9 Å². The van der Waals surface area contributed by atoms with Gasteiger partial charge >= 0.3 is 0 Å². The van der Waals surface area contributed by atoms with Gasteiger partial charge in [-0.2, -0.15) is 0 Å². The van der Waals surface area contributed by atoms with Crippen molar-refractivity contribution in [2.75, 3.05) is 0 Å². The lowest BCUT2D eigenvalue weighted by molar-refractivity contribution is 0.667. The van der Waals surface area contributed by atoms with Gasteiger partial charge < -0.3 is 0 Å². The average molecular weight is 452 g/mol. The SMILES string of the molecule is CCCCCCc1ccc2cc3sc4c5cc(-c6ccccn6)ccc5sc4c3cc2c1. The molecule has 32 heavy (non-hydrogen) atoms. The van der Waals surface area contributed by atoms with E-state index in [4.69, 9.17) is 0 Å². The van der Waals surface area contributed by atoms with Crippen LogP contribution in [0.15, 0.2) is 72.9 Å². The smallest absolute Gasteiger partial charge is 0.0702 e. The van der Waals surface area contributed by atoms with Crippen molar-refractivity contribution in [3.63, 3.8) is 0 Å². The maximum Gasteiger partial charge on any atom is 0.0702 e. The number of unbranched alkanes of at least 4 members (excludes halogenated alkanes) is 3. The summed E-state index contributed by atoms with van der Waals surface area (Å²) in [6.45, 7) is 2.27. The second kappa shape index (κ2) is 8.31. The number of hydrogen-bond donors (Lipinski definition) is 0. The summed E-state index contributed by atoms with van der Waals surface area (Å²) in [5, 5.41) is 5.48. The minimum absolute atomic E-state index is 1.03. The molecule has 1 nitrogen and oxygen atoms in total. The van der Waals surface area contributed by atoms with E-state index in [0.717, 1.165) is 5.69 Å². The molecule has 0 spiro atoms. The first kappa shape index (κ1) is 19.9. The van der Waals surface area contributed by atoms with Crippen LogP contribution in [0.5, 0.6) is 0 Å². The second-order valence-electron chi connectivity index (χ2n) is 8.63. The lowest BCUT2D eigenvalue weighted by Gasteiger charge is -2.05. The zero-order chi connectivity index (χ0) is 21.5. The molecule has 3 heteroatoms. The quantitative estimate of drug-likeness (QED) is 0.230. The summed E-state index contributed by atoms with van der Waals surface area (Å²) in [6, 6.07) is 24.8. The second-order valence-corrected chi connectivity index (χ2v) is 10.7. The van der Waals surface area contributed by atoms with Crippen LogP contribution < -0.4 is 0 Å². The van der Waals surface area contributed by atoms with E-state index < -0.39 is 0 Å². The average Bonchev–Trinajstić information content (AvgIpc) is 3.36. The fourth-order valence-electron chi connectivity index (χ4n) is 4.66. The molecule has 0 atom stereocenters. The van der Waals surface area contributed by atoms with Gasteiger partial charge in [0.15, 0.2) is 0 Å². The Kier molecular flexibility index (Phi) is 5.17. The number of pyridine rings is 1. The van der Waals surface area contributed by atoms with E-state index in [0.29, 0.717) is 0 Å². The Bertz CT molecular complexity index is 1560. The van der Waals surface area contributed by atoms with Crippen molar-refractivity contribution in [1.29, 1.82) is 0 Å². The third-order valence-corrected chi connectivity index (χ3v) is 8.90. The van der Waals surface area contributed by atoms with E-state index in [-0.39, 0.29) is 0 Å². The molecule has 0 radical (unpaired) electrons. The van der Waals surface area contributed by atoms with Crippen LogP contribution in [0.4, 0.5) is 0 Å². The van der Waals surface area contributed by atoms with Gasteiger partial charge in [0.2, 0.25) is 0 Å². The van der Waals surface area contributed by atoms with E-state index in [1.807, 2.05) is 34.9 Å². The number of hydrogen-bond acceptors (Lipinski definition) is 3. The first-order valence-electron chi connectivity index (χ1n) is 11.5. The molecule has 0 aliphatic rings. The van der Waals surface area contributed by atoms with E-state index in [9.17, 15) is 0 Å². The molecule has 0 bridgehead atoms. The zero-order valence-electron chi connectivity index (χ0n) is 18.2. The van der Waals surface area contributed by atoms with Crippen molar-refractivity contribution in [3.05, 3.63) is 78.5 Å². The Morgan fingerprint density at radius 3 is 2.44 bits per heavy atom. The van der Waals surface area contributed by atoms with E-state index in [1.54, 1.807) is 0 Å². The third-order valence-electron chi connectivity index (χ3n) is 6.38. The van der Waals surface area contributed by atoms with Gasteiger partial charge in [-0.3, -0.25) is 4.98 Å². The van der Waals surface area contributed by atoms with Crippen molar-refractivity contribution in [3.8, 4) is 11.3 Å². The summed E-state index contributed by atoms with van der Waals surface area (Å²) in [5.74, 6) is 0. The number of aryl methyl sites for hydroxylation is 1. The van der Waals surface area contributed by atoms with Gasteiger partial charge in [-0.25, -0.2) is 0 Å².